The molecule has 0 amide bonds. The summed E-state index contributed by atoms with van der Waals surface area (Å²) in [7, 11) is 1.79. The lowest BCUT2D eigenvalue weighted by molar-refractivity contribution is 0.0977. The molecule has 0 saturated heterocycles. The molecule has 0 aromatic rings. The van der Waals surface area contributed by atoms with Crippen LogP contribution in [0.2, 0.25) is 0 Å². The maximum atomic E-state index is 5.35. The van der Waals surface area contributed by atoms with Gasteiger partial charge in [0.1, 0.15) is 0 Å². The van der Waals surface area contributed by atoms with Crippen LogP contribution in [-0.4, -0.2) is 13.2 Å². The van der Waals surface area contributed by atoms with E-state index in [1.54, 1.807) is 7.11 Å². The lowest BCUT2D eigenvalue weighted by Gasteiger charge is -2.14. The monoisotopic (exact) mass is 140 g/mol. The highest BCUT2D eigenvalue weighted by atomic mass is 16.5. The summed E-state index contributed by atoms with van der Waals surface area (Å²) in [4.78, 5) is 0. The van der Waals surface area contributed by atoms with Crippen LogP contribution in [0.1, 0.15) is 27.2 Å². The normalized spacial score (nSPS) is 33.6. The van der Waals surface area contributed by atoms with E-state index in [1.165, 1.54) is 17.6 Å². The molecule has 10 heavy (non-hydrogen) atoms. The van der Waals surface area contributed by atoms with Crippen LogP contribution in [0.3, 0.4) is 0 Å². The van der Waals surface area contributed by atoms with Crippen molar-refractivity contribution < 1.29 is 4.74 Å². The molecule has 1 nitrogen and oxygen atoms in total. The van der Waals surface area contributed by atoms with Gasteiger partial charge in [-0.3, -0.25) is 0 Å². The van der Waals surface area contributed by atoms with Gasteiger partial charge in [-0.25, -0.2) is 0 Å². The zero-order chi connectivity index (χ0) is 7.72. The van der Waals surface area contributed by atoms with Gasteiger partial charge < -0.3 is 4.74 Å². The standard InChI is InChI=1S/C9H16O/c1-6-5-7(2)9(10-4)8(6)3/h7,9H,5H2,1-4H3. The van der Waals surface area contributed by atoms with Crippen LogP contribution in [0.5, 0.6) is 0 Å². The van der Waals surface area contributed by atoms with Gasteiger partial charge in [-0.2, -0.15) is 0 Å². The molecule has 0 bridgehead atoms. The molecule has 0 N–H and O–H groups in total. The van der Waals surface area contributed by atoms with Crippen molar-refractivity contribution >= 4 is 0 Å². The van der Waals surface area contributed by atoms with Crippen molar-refractivity contribution in [2.75, 3.05) is 7.11 Å². The average Bonchev–Trinajstić information content (AvgIpc) is 2.09. The van der Waals surface area contributed by atoms with Gasteiger partial charge in [-0.1, -0.05) is 12.5 Å². The van der Waals surface area contributed by atoms with Crippen molar-refractivity contribution in [2.45, 2.75) is 33.3 Å². The third-order valence-electron chi connectivity index (χ3n) is 2.50. The highest BCUT2D eigenvalue weighted by molar-refractivity contribution is 5.22. The van der Waals surface area contributed by atoms with Gasteiger partial charge in [0.05, 0.1) is 6.10 Å². The van der Waals surface area contributed by atoms with E-state index in [9.17, 15) is 0 Å². The van der Waals surface area contributed by atoms with Crippen LogP contribution in [0, 0.1) is 5.92 Å². The smallest absolute Gasteiger partial charge is 0.0809 e. The minimum atomic E-state index is 0.389. The summed E-state index contributed by atoms with van der Waals surface area (Å²) >= 11 is 0. The fraction of sp³-hybridized carbons (Fsp3) is 0.778. The molecule has 2 atom stereocenters. The summed E-state index contributed by atoms with van der Waals surface area (Å²) in [5.74, 6) is 0.685. The molecule has 2 unspecified atom stereocenters. The van der Waals surface area contributed by atoms with Crippen molar-refractivity contribution in [3.8, 4) is 0 Å². The van der Waals surface area contributed by atoms with Crippen LogP contribution < -0.4 is 0 Å². The van der Waals surface area contributed by atoms with Crippen LogP contribution >= 0.6 is 0 Å². The largest absolute Gasteiger partial charge is 0.377 e. The predicted octanol–water partition coefficient (Wildman–Crippen LogP) is 2.38. The number of hydrogen-bond donors (Lipinski definition) is 0. The first kappa shape index (κ1) is 7.80. The van der Waals surface area contributed by atoms with Crippen molar-refractivity contribution in [1.82, 2.24) is 0 Å². The Hall–Kier alpha value is -0.300. The molecule has 1 rings (SSSR count). The molecule has 0 aromatic carbocycles. The van der Waals surface area contributed by atoms with E-state index in [0.717, 1.165) is 0 Å². The van der Waals surface area contributed by atoms with Crippen molar-refractivity contribution in [2.24, 2.45) is 5.92 Å². The zero-order valence-corrected chi connectivity index (χ0v) is 7.27. The minimum Gasteiger partial charge on any atom is -0.377 e. The molecule has 0 aromatic heterocycles. The SMILES string of the molecule is COC1C(C)=C(C)CC1C. The molecule has 1 aliphatic rings. The summed E-state index contributed by atoms with van der Waals surface area (Å²) in [6, 6.07) is 0. The van der Waals surface area contributed by atoms with Gasteiger partial charge in [0.15, 0.2) is 0 Å². The molecule has 1 aliphatic carbocycles. The summed E-state index contributed by atoms with van der Waals surface area (Å²) < 4.78 is 5.35. The number of methoxy groups -OCH3 is 1. The maximum Gasteiger partial charge on any atom is 0.0809 e. The van der Waals surface area contributed by atoms with E-state index in [0.29, 0.717) is 12.0 Å². The first-order valence-electron chi connectivity index (χ1n) is 3.86. The van der Waals surface area contributed by atoms with E-state index in [2.05, 4.69) is 20.8 Å². The summed E-state index contributed by atoms with van der Waals surface area (Å²) in [6.45, 7) is 6.62. The molecule has 58 valence electrons. The Balaban J connectivity index is 2.72. The second-order valence-corrected chi connectivity index (χ2v) is 3.30. The number of allylic oxidation sites excluding steroid dienone is 1. The third-order valence-corrected chi connectivity index (χ3v) is 2.50. The fourth-order valence-corrected chi connectivity index (χ4v) is 1.83. The Bertz CT molecular complexity index is 158. The van der Waals surface area contributed by atoms with Gasteiger partial charge in [-0.15, -0.1) is 0 Å². The summed E-state index contributed by atoms with van der Waals surface area (Å²) in [5.41, 5.74) is 2.95. The van der Waals surface area contributed by atoms with Crippen LogP contribution in [0.15, 0.2) is 11.1 Å². The van der Waals surface area contributed by atoms with E-state index < -0.39 is 0 Å². The molecule has 0 aliphatic heterocycles. The van der Waals surface area contributed by atoms with Crippen molar-refractivity contribution in [3.63, 3.8) is 0 Å². The highest BCUT2D eigenvalue weighted by Gasteiger charge is 2.26. The quantitative estimate of drug-likeness (QED) is 0.508. The topological polar surface area (TPSA) is 9.23 Å². The number of rotatable bonds is 1. The van der Waals surface area contributed by atoms with Crippen LogP contribution in [-0.2, 0) is 4.74 Å². The van der Waals surface area contributed by atoms with Gasteiger partial charge >= 0.3 is 0 Å². The Morgan fingerprint density at radius 3 is 2.20 bits per heavy atom. The third kappa shape index (κ3) is 1.10. The van der Waals surface area contributed by atoms with Gasteiger partial charge in [-0.05, 0) is 31.8 Å². The Morgan fingerprint density at radius 1 is 1.40 bits per heavy atom. The average molecular weight is 140 g/mol. The van der Waals surface area contributed by atoms with Gasteiger partial charge in [0, 0.05) is 7.11 Å². The number of hydrogen-bond acceptors (Lipinski definition) is 1. The van der Waals surface area contributed by atoms with Gasteiger partial charge in [0.2, 0.25) is 0 Å². The molecule has 0 saturated carbocycles. The predicted molar refractivity (Wildman–Crippen MR) is 43.0 cm³/mol. The second kappa shape index (κ2) is 2.75. The Kier molecular flexibility index (Phi) is 2.14. The molecule has 0 heterocycles. The number of ether oxygens (including phenoxy) is 1. The lowest BCUT2D eigenvalue weighted by Crippen LogP contribution is -2.15. The van der Waals surface area contributed by atoms with E-state index >= 15 is 0 Å². The molecule has 0 radical (unpaired) electrons. The first-order chi connectivity index (χ1) is 4.66. The van der Waals surface area contributed by atoms with Crippen molar-refractivity contribution in [1.29, 1.82) is 0 Å². The fourth-order valence-electron chi connectivity index (χ4n) is 1.83. The lowest BCUT2D eigenvalue weighted by atomic mass is 10.1. The van der Waals surface area contributed by atoms with Crippen LogP contribution in [0.25, 0.3) is 0 Å². The van der Waals surface area contributed by atoms with Crippen molar-refractivity contribution in [3.05, 3.63) is 11.1 Å². The molecule has 0 fully saturated rings. The molecule has 0 spiro atoms. The summed E-state index contributed by atoms with van der Waals surface area (Å²) in [5, 5.41) is 0. The maximum absolute atomic E-state index is 5.35. The molecule has 1 heteroatoms. The Labute approximate surface area is 63.1 Å². The second-order valence-electron chi connectivity index (χ2n) is 3.30. The first-order valence-corrected chi connectivity index (χ1v) is 3.86. The van der Waals surface area contributed by atoms with E-state index in [-0.39, 0.29) is 0 Å². The van der Waals surface area contributed by atoms with Gasteiger partial charge in [0.25, 0.3) is 0 Å². The van der Waals surface area contributed by atoms with E-state index in [4.69, 9.17) is 4.74 Å². The van der Waals surface area contributed by atoms with E-state index in [1.807, 2.05) is 0 Å². The minimum absolute atomic E-state index is 0.389. The Morgan fingerprint density at radius 2 is 2.00 bits per heavy atom. The summed E-state index contributed by atoms with van der Waals surface area (Å²) in [6.07, 6.45) is 1.60. The molecular formula is C9H16O. The molecular weight excluding hydrogens is 124 g/mol. The highest BCUT2D eigenvalue weighted by Crippen LogP contribution is 2.32. The van der Waals surface area contributed by atoms with Crippen LogP contribution in [0.4, 0.5) is 0 Å². The zero-order valence-electron chi connectivity index (χ0n) is 7.27.